The molecule has 2 aromatic rings. The van der Waals surface area contributed by atoms with E-state index in [1.54, 1.807) is 39.8 Å². The minimum Gasteiger partial charge on any atom is -0.344 e. The number of nitrogens with one attached hydrogen (secondary N) is 5. The number of hydrogen-bond donors (Lipinski definition) is 5. The van der Waals surface area contributed by atoms with Gasteiger partial charge in [-0.1, -0.05) is 27.7 Å². The largest absolute Gasteiger partial charge is 0.344 e. The van der Waals surface area contributed by atoms with Crippen molar-refractivity contribution >= 4 is 41.0 Å². The Hall–Kier alpha value is -4.68. The zero-order chi connectivity index (χ0) is 35.8. The number of carbonyl (C=O) groups is 6. The fourth-order valence-electron chi connectivity index (χ4n) is 4.36. The number of rotatable bonds is 15. The summed E-state index contributed by atoms with van der Waals surface area (Å²) in [4.78, 5) is 87.0. The maximum atomic E-state index is 13.5. The molecule has 13 heteroatoms. The summed E-state index contributed by atoms with van der Waals surface area (Å²) in [5, 5.41) is 13.6. The van der Waals surface area contributed by atoms with Crippen molar-refractivity contribution in [1.29, 1.82) is 0 Å². The summed E-state index contributed by atoms with van der Waals surface area (Å²) in [7, 11) is 0. The quantitative estimate of drug-likeness (QED) is 0.194. The van der Waals surface area contributed by atoms with Gasteiger partial charge in [-0.3, -0.25) is 38.7 Å². The van der Waals surface area contributed by atoms with Crippen LogP contribution in [0.5, 0.6) is 0 Å². The van der Waals surface area contributed by atoms with Crippen molar-refractivity contribution < 1.29 is 28.8 Å². The van der Waals surface area contributed by atoms with Crippen molar-refractivity contribution in [3.63, 3.8) is 0 Å². The van der Waals surface area contributed by atoms with Gasteiger partial charge in [-0.15, -0.1) is 0 Å². The first-order chi connectivity index (χ1) is 21.6. The Morgan fingerprint density at radius 1 is 0.660 bits per heavy atom. The van der Waals surface area contributed by atoms with Crippen molar-refractivity contribution in [2.45, 2.75) is 105 Å². The Bertz CT molecular complexity index is 1450. The van der Waals surface area contributed by atoms with E-state index in [0.717, 1.165) is 0 Å². The summed E-state index contributed by atoms with van der Waals surface area (Å²) in [6.07, 6.45) is 6.03. The fourth-order valence-corrected chi connectivity index (χ4v) is 4.36. The second-order valence-corrected chi connectivity index (χ2v) is 14.3. The third-order valence-corrected chi connectivity index (χ3v) is 7.55. The number of hydrogen-bond acceptors (Lipinski definition) is 8. The van der Waals surface area contributed by atoms with E-state index >= 15 is 0 Å². The molecular weight excluding hydrogens is 602 g/mol. The van der Waals surface area contributed by atoms with Crippen molar-refractivity contribution in [3.8, 4) is 0 Å². The first-order valence-corrected chi connectivity index (χ1v) is 15.5. The molecule has 1 atom stereocenters. The molecule has 0 radical (unpaired) electrons. The molecule has 5 amide bonds. The van der Waals surface area contributed by atoms with Crippen LogP contribution in [0, 0.1) is 11.3 Å². The molecule has 2 aromatic heterocycles. The van der Waals surface area contributed by atoms with Crippen LogP contribution < -0.4 is 26.6 Å². The normalized spacial score (nSPS) is 12.8. The predicted octanol–water partition coefficient (Wildman–Crippen LogP) is 2.93. The standard InChI is InChI=1S/C34H49N7O6/c1-21(2)19-24(27(44)40-34(9,10)30(47)41-33(7,8)29(46)37-23-13-17-36-18-14-23)38-28(45)31(3,4)20-25(42)32(5,6)39-26(43)22-11-15-35-16-12-22/h11-18,21,24H,19-20H2,1-10H3,(H,38,45)(H,39,43)(H,40,44)(H,41,47)(H,36,37,46)/t24-/m1/s1. The number of carbonyl (C=O) groups excluding carboxylic acids is 6. The lowest BCUT2D eigenvalue weighted by atomic mass is 9.80. The Labute approximate surface area is 276 Å². The number of pyridine rings is 2. The molecular formula is C34H49N7O6. The van der Waals surface area contributed by atoms with E-state index in [0.29, 0.717) is 11.3 Å². The number of aromatic nitrogens is 2. The van der Waals surface area contributed by atoms with Gasteiger partial charge in [0.15, 0.2) is 5.78 Å². The van der Waals surface area contributed by atoms with Gasteiger partial charge < -0.3 is 26.6 Å². The molecule has 0 unspecified atom stereocenters. The van der Waals surface area contributed by atoms with Crippen molar-refractivity contribution in [3.05, 3.63) is 54.6 Å². The Kier molecular flexibility index (Phi) is 12.5. The molecule has 0 saturated heterocycles. The highest BCUT2D eigenvalue weighted by Crippen LogP contribution is 2.25. The Morgan fingerprint density at radius 3 is 1.70 bits per heavy atom. The highest BCUT2D eigenvalue weighted by molar-refractivity contribution is 6.03. The van der Waals surface area contributed by atoms with Gasteiger partial charge in [-0.05, 0) is 78.1 Å². The fraction of sp³-hybridized carbons (Fsp3) is 0.529. The first kappa shape index (κ1) is 38.5. The SMILES string of the molecule is CC(C)C[C@@H](NC(=O)C(C)(C)CC(=O)C(C)(C)NC(=O)c1ccncc1)C(=O)NC(C)(C)C(=O)NC(C)(C)C(=O)Nc1ccncc1. The van der Waals surface area contributed by atoms with Crippen LogP contribution in [-0.4, -0.2) is 67.9 Å². The molecule has 47 heavy (non-hydrogen) atoms. The van der Waals surface area contributed by atoms with E-state index in [9.17, 15) is 28.8 Å². The topological polar surface area (TPSA) is 188 Å². The summed E-state index contributed by atoms with van der Waals surface area (Å²) in [6, 6.07) is 5.26. The maximum Gasteiger partial charge on any atom is 0.252 e. The second kappa shape index (κ2) is 15.3. The van der Waals surface area contributed by atoms with Crippen LogP contribution in [0.15, 0.2) is 49.1 Å². The molecule has 2 heterocycles. The van der Waals surface area contributed by atoms with E-state index in [1.807, 2.05) is 13.8 Å². The summed E-state index contributed by atoms with van der Waals surface area (Å²) in [6.45, 7) is 16.1. The van der Waals surface area contributed by atoms with E-state index in [-0.39, 0.29) is 24.5 Å². The van der Waals surface area contributed by atoms with Crippen LogP contribution in [0.2, 0.25) is 0 Å². The smallest absolute Gasteiger partial charge is 0.252 e. The molecule has 0 fully saturated rings. The summed E-state index contributed by atoms with van der Waals surface area (Å²) in [5.41, 5.74) is -4.48. The summed E-state index contributed by atoms with van der Waals surface area (Å²) < 4.78 is 0. The molecule has 0 aliphatic carbocycles. The minimum atomic E-state index is -1.46. The van der Waals surface area contributed by atoms with Gasteiger partial charge in [-0.2, -0.15) is 0 Å². The average molecular weight is 652 g/mol. The van der Waals surface area contributed by atoms with E-state index < -0.39 is 57.6 Å². The molecule has 5 N–H and O–H groups in total. The zero-order valence-corrected chi connectivity index (χ0v) is 29.0. The molecule has 2 rings (SSSR count). The second-order valence-electron chi connectivity index (χ2n) is 14.3. The lowest BCUT2D eigenvalue weighted by Gasteiger charge is -2.34. The van der Waals surface area contributed by atoms with E-state index in [1.165, 1.54) is 64.6 Å². The number of amides is 5. The summed E-state index contributed by atoms with van der Waals surface area (Å²) in [5.74, 6) is -3.06. The highest BCUT2D eigenvalue weighted by Gasteiger charge is 2.41. The van der Waals surface area contributed by atoms with Crippen LogP contribution >= 0.6 is 0 Å². The minimum absolute atomic E-state index is 0.00844. The maximum absolute atomic E-state index is 13.5. The lowest BCUT2D eigenvalue weighted by molar-refractivity contribution is -0.140. The van der Waals surface area contributed by atoms with Crippen molar-refractivity contribution in [2.75, 3.05) is 5.32 Å². The van der Waals surface area contributed by atoms with E-state index in [2.05, 4.69) is 36.6 Å². The molecule has 0 aromatic carbocycles. The monoisotopic (exact) mass is 651 g/mol. The van der Waals surface area contributed by atoms with Gasteiger partial charge in [0.2, 0.25) is 23.6 Å². The lowest BCUT2D eigenvalue weighted by Crippen LogP contribution is -2.64. The Morgan fingerprint density at radius 2 is 1.17 bits per heavy atom. The highest BCUT2D eigenvalue weighted by atomic mass is 16.2. The molecule has 0 saturated carbocycles. The van der Waals surface area contributed by atoms with Gasteiger partial charge in [-0.25, -0.2) is 0 Å². The molecule has 13 nitrogen and oxygen atoms in total. The van der Waals surface area contributed by atoms with Gasteiger partial charge in [0, 0.05) is 42.5 Å². The first-order valence-electron chi connectivity index (χ1n) is 15.5. The van der Waals surface area contributed by atoms with Gasteiger partial charge in [0.1, 0.15) is 17.1 Å². The van der Waals surface area contributed by atoms with Crippen molar-refractivity contribution in [1.82, 2.24) is 31.2 Å². The van der Waals surface area contributed by atoms with Gasteiger partial charge >= 0.3 is 0 Å². The third-order valence-electron chi connectivity index (χ3n) is 7.55. The average Bonchev–Trinajstić information content (AvgIpc) is 2.96. The predicted molar refractivity (Wildman–Crippen MR) is 178 cm³/mol. The molecule has 256 valence electrons. The molecule has 0 aliphatic heterocycles. The number of nitrogens with zero attached hydrogens (tertiary/aromatic N) is 2. The van der Waals surface area contributed by atoms with Crippen LogP contribution in [-0.2, 0) is 24.0 Å². The van der Waals surface area contributed by atoms with Crippen LogP contribution in [0.25, 0.3) is 0 Å². The summed E-state index contributed by atoms with van der Waals surface area (Å²) >= 11 is 0. The Balaban J connectivity index is 2.09. The number of anilines is 1. The van der Waals surface area contributed by atoms with Crippen molar-refractivity contribution in [2.24, 2.45) is 11.3 Å². The molecule has 0 spiro atoms. The van der Waals surface area contributed by atoms with Gasteiger partial charge in [0.05, 0.1) is 11.0 Å². The molecule has 0 aliphatic rings. The number of Topliss-reactive ketones (excluding diaryl/α,β-unsaturated/α-hetero) is 1. The van der Waals surface area contributed by atoms with Crippen LogP contribution in [0.3, 0.4) is 0 Å². The van der Waals surface area contributed by atoms with Crippen LogP contribution in [0.1, 0.15) is 92.4 Å². The number of ketones is 1. The third kappa shape index (κ3) is 11.3. The zero-order valence-electron chi connectivity index (χ0n) is 29.0. The van der Waals surface area contributed by atoms with E-state index in [4.69, 9.17) is 0 Å². The van der Waals surface area contributed by atoms with Gasteiger partial charge in [0.25, 0.3) is 5.91 Å². The molecule has 0 bridgehead atoms. The van der Waals surface area contributed by atoms with Crippen LogP contribution in [0.4, 0.5) is 5.69 Å².